The molecule has 0 radical (unpaired) electrons. The highest BCUT2D eigenvalue weighted by atomic mass is 35.5. The zero-order chi connectivity index (χ0) is 10.7. The maximum atomic E-state index is 6.19. The van der Waals surface area contributed by atoms with E-state index in [2.05, 4.69) is 48.4 Å². The van der Waals surface area contributed by atoms with Gasteiger partial charge in [0.1, 0.15) is 5.50 Å². The van der Waals surface area contributed by atoms with E-state index in [1.165, 1.54) is 11.1 Å². The van der Waals surface area contributed by atoms with Gasteiger partial charge >= 0.3 is 0 Å². The maximum absolute atomic E-state index is 6.19. The summed E-state index contributed by atoms with van der Waals surface area (Å²) in [6, 6.07) is 10.4. The molecule has 1 heterocycles. The second kappa shape index (κ2) is 4.54. The van der Waals surface area contributed by atoms with Crippen LogP contribution in [0.2, 0.25) is 0 Å². The van der Waals surface area contributed by atoms with Crippen molar-refractivity contribution in [1.29, 1.82) is 0 Å². The molecule has 0 fully saturated rings. The monoisotopic (exact) mass is 219 g/mol. The van der Waals surface area contributed by atoms with E-state index in [-0.39, 0.29) is 5.50 Å². The topological polar surface area (TPSA) is 3.24 Å². The van der Waals surface area contributed by atoms with E-state index in [0.717, 1.165) is 6.54 Å². The molecule has 1 aliphatic rings. The minimum Gasteiger partial charge on any atom is -0.354 e. The van der Waals surface area contributed by atoms with Crippen LogP contribution in [0.25, 0.3) is 0 Å². The normalized spacial score (nSPS) is 20.3. The quantitative estimate of drug-likeness (QED) is 0.544. The highest BCUT2D eigenvalue weighted by Crippen LogP contribution is 2.19. The fourth-order valence-corrected chi connectivity index (χ4v) is 1.84. The van der Waals surface area contributed by atoms with E-state index in [1.54, 1.807) is 0 Å². The summed E-state index contributed by atoms with van der Waals surface area (Å²) in [5.41, 5.74) is 2.49. The van der Waals surface area contributed by atoms with Crippen LogP contribution in [0.3, 0.4) is 0 Å². The summed E-state index contributed by atoms with van der Waals surface area (Å²) in [6.07, 6.45) is 6.17. The predicted molar refractivity (Wildman–Crippen MR) is 64.5 cm³/mol. The second-order valence-electron chi connectivity index (χ2n) is 3.76. The Morgan fingerprint density at radius 3 is 2.73 bits per heavy atom. The summed E-state index contributed by atoms with van der Waals surface area (Å²) >= 11 is 6.19. The average molecular weight is 220 g/mol. The third kappa shape index (κ3) is 2.63. The molecular weight excluding hydrogens is 206 g/mol. The lowest BCUT2D eigenvalue weighted by molar-refractivity contribution is 0.372. The third-order valence-corrected chi connectivity index (χ3v) is 2.81. The molecule has 0 spiro atoms. The fourth-order valence-electron chi connectivity index (χ4n) is 1.64. The Balaban J connectivity index is 2.10. The molecule has 1 aliphatic heterocycles. The van der Waals surface area contributed by atoms with Crippen LogP contribution < -0.4 is 0 Å². The first-order valence-corrected chi connectivity index (χ1v) is 5.50. The Hall–Kier alpha value is -1.21. The molecule has 1 aromatic rings. The smallest absolute Gasteiger partial charge is 0.123 e. The molecule has 0 aromatic heterocycles. The lowest BCUT2D eigenvalue weighted by atomic mass is 10.2. The van der Waals surface area contributed by atoms with Gasteiger partial charge in [0.25, 0.3) is 0 Å². The van der Waals surface area contributed by atoms with Gasteiger partial charge in [-0.3, -0.25) is 0 Å². The van der Waals surface area contributed by atoms with E-state index in [4.69, 9.17) is 11.6 Å². The molecule has 2 heteroatoms. The molecule has 2 rings (SSSR count). The van der Waals surface area contributed by atoms with Gasteiger partial charge in [-0.25, -0.2) is 0 Å². The molecule has 1 unspecified atom stereocenters. The van der Waals surface area contributed by atoms with E-state index < -0.39 is 0 Å². The van der Waals surface area contributed by atoms with Crippen LogP contribution in [0.15, 0.2) is 54.3 Å². The van der Waals surface area contributed by atoms with Gasteiger partial charge in [-0.15, -0.1) is 0 Å². The van der Waals surface area contributed by atoms with Crippen molar-refractivity contribution in [3.63, 3.8) is 0 Å². The predicted octanol–water partition coefficient (Wildman–Crippen LogP) is 3.53. The number of benzene rings is 1. The van der Waals surface area contributed by atoms with Gasteiger partial charge in [0.05, 0.1) is 0 Å². The standard InChI is InChI=1S/C13H14ClN/c1-11-7-8-13(14)15(9-11)10-12-5-3-2-4-6-12/h2-9,13H,10H2,1H3. The Morgan fingerprint density at radius 2 is 2.00 bits per heavy atom. The first kappa shape index (κ1) is 10.3. The highest BCUT2D eigenvalue weighted by molar-refractivity contribution is 6.21. The number of rotatable bonds is 2. The lowest BCUT2D eigenvalue weighted by Crippen LogP contribution is -2.26. The number of nitrogens with zero attached hydrogens (tertiary/aromatic N) is 1. The summed E-state index contributed by atoms with van der Waals surface area (Å²) in [5.74, 6) is 0. The van der Waals surface area contributed by atoms with Gasteiger partial charge in [-0.2, -0.15) is 0 Å². The summed E-state index contributed by atoms with van der Waals surface area (Å²) in [7, 11) is 0. The van der Waals surface area contributed by atoms with E-state index >= 15 is 0 Å². The van der Waals surface area contributed by atoms with Crippen molar-refractivity contribution >= 4 is 11.6 Å². The zero-order valence-corrected chi connectivity index (χ0v) is 9.48. The molecular formula is C13H14ClN. The lowest BCUT2D eigenvalue weighted by Gasteiger charge is -2.27. The molecule has 78 valence electrons. The molecule has 1 atom stereocenters. The minimum atomic E-state index is -0.0334. The van der Waals surface area contributed by atoms with Crippen molar-refractivity contribution in [2.45, 2.75) is 19.0 Å². The Kier molecular flexibility index (Phi) is 3.12. The van der Waals surface area contributed by atoms with Crippen LogP contribution in [-0.4, -0.2) is 10.4 Å². The molecule has 0 bridgehead atoms. The number of halogens is 1. The van der Waals surface area contributed by atoms with Gasteiger partial charge in [-0.05, 0) is 24.1 Å². The molecule has 1 aromatic carbocycles. The minimum absolute atomic E-state index is 0.0334. The van der Waals surface area contributed by atoms with Crippen molar-refractivity contribution in [2.75, 3.05) is 0 Å². The molecule has 0 N–H and O–H groups in total. The van der Waals surface area contributed by atoms with Crippen molar-refractivity contribution in [3.05, 3.63) is 59.8 Å². The molecule has 0 amide bonds. The Bertz CT molecular complexity index is 381. The van der Waals surface area contributed by atoms with Gasteiger partial charge in [-0.1, -0.05) is 48.0 Å². The van der Waals surface area contributed by atoms with Crippen molar-refractivity contribution in [3.8, 4) is 0 Å². The maximum Gasteiger partial charge on any atom is 0.123 e. The molecule has 1 nitrogen and oxygen atoms in total. The molecule has 0 aliphatic carbocycles. The Morgan fingerprint density at radius 1 is 1.27 bits per heavy atom. The number of alkyl halides is 1. The first-order chi connectivity index (χ1) is 7.25. The van der Waals surface area contributed by atoms with E-state index in [9.17, 15) is 0 Å². The highest BCUT2D eigenvalue weighted by Gasteiger charge is 2.12. The molecule has 0 saturated carbocycles. The van der Waals surface area contributed by atoms with Gasteiger partial charge in [0.2, 0.25) is 0 Å². The Labute approximate surface area is 95.7 Å². The second-order valence-corrected chi connectivity index (χ2v) is 4.21. The van der Waals surface area contributed by atoms with Crippen LogP contribution in [-0.2, 0) is 6.54 Å². The summed E-state index contributed by atoms with van der Waals surface area (Å²) < 4.78 is 0. The zero-order valence-electron chi connectivity index (χ0n) is 8.73. The SMILES string of the molecule is CC1=CN(Cc2ccccc2)C(Cl)C=C1. The van der Waals surface area contributed by atoms with E-state index in [1.807, 2.05) is 12.1 Å². The van der Waals surface area contributed by atoms with Crippen molar-refractivity contribution in [1.82, 2.24) is 4.90 Å². The van der Waals surface area contributed by atoms with Crippen molar-refractivity contribution < 1.29 is 0 Å². The number of hydrogen-bond donors (Lipinski definition) is 0. The average Bonchev–Trinajstić information content (AvgIpc) is 2.25. The van der Waals surface area contributed by atoms with Crippen LogP contribution in [0.5, 0.6) is 0 Å². The number of hydrogen-bond acceptors (Lipinski definition) is 1. The molecule has 15 heavy (non-hydrogen) atoms. The summed E-state index contributed by atoms with van der Waals surface area (Å²) in [6.45, 7) is 2.94. The van der Waals surface area contributed by atoms with Crippen molar-refractivity contribution in [2.24, 2.45) is 0 Å². The number of allylic oxidation sites excluding steroid dienone is 2. The van der Waals surface area contributed by atoms with Gasteiger partial charge in [0, 0.05) is 12.7 Å². The van der Waals surface area contributed by atoms with Crippen LogP contribution in [0.4, 0.5) is 0 Å². The fraction of sp³-hybridized carbons (Fsp3) is 0.231. The van der Waals surface area contributed by atoms with Crippen LogP contribution in [0.1, 0.15) is 12.5 Å². The first-order valence-electron chi connectivity index (χ1n) is 5.06. The molecule has 0 saturated heterocycles. The van der Waals surface area contributed by atoms with Crippen LogP contribution in [0, 0.1) is 0 Å². The summed E-state index contributed by atoms with van der Waals surface area (Å²) in [5, 5.41) is 0. The van der Waals surface area contributed by atoms with Crippen LogP contribution >= 0.6 is 11.6 Å². The van der Waals surface area contributed by atoms with Gasteiger partial charge < -0.3 is 4.90 Å². The van der Waals surface area contributed by atoms with E-state index in [0.29, 0.717) is 0 Å². The largest absolute Gasteiger partial charge is 0.354 e. The summed E-state index contributed by atoms with van der Waals surface area (Å²) in [4.78, 5) is 2.13. The third-order valence-electron chi connectivity index (χ3n) is 2.41. The van der Waals surface area contributed by atoms with Gasteiger partial charge in [0.15, 0.2) is 0 Å².